The minimum absolute atomic E-state index is 0.0336. The number of halogens is 5. The quantitative estimate of drug-likeness (QED) is 0.724. The summed E-state index contributed by atoms with van der Waals surface area (Å²) in [5.74, 6) is -0.263. The number of rotatable bonds is 2. The van der Waals surface area contributed by atoms with E-state index < -0.39 is 11.7 Å². The van der Waals surface area contributed by atoms with Gasteiger partial charge in [0, 0.05) is 5.56 Å². The van der Waals surface area contributed by atoms with Crippen molar-refractivity contribution in [1.29, 1.82) is 0 Å². The van der Waals surface area contributed by atoms with Gasteiger partial charge in [-0.1, -0.05) is 23.2 Å². The summed E-state index contributed by atoms with van der Waals surface area (Å²) in [6, 6.07) is 4.35. The molecule has 7 heteroatoms. The predicted molar refractivity (Wildman–Crippen MR) is 64.6 cm³/mol. The van der Waals surface area contributed by atoms with Crippen molar-refractivity contribution in [3.63, 3.8) is 0 Å². The van der Waals surface area contributed by atoms with Gasteiger partial charge in [0.1, 0.15) is 5.76 Å². The molecule has 2 aromatic rings. The van der Waals surface area contributed by atoms with Gasteiger partial charge in [-0.3, -0.25) is 4.79 Å². The molecule has 1 heterocycles. The molecule has 0 aliphatic rings. The molecule has 0 unspecified atom stereocenters. The Morgan fingerprint density at radius 3 is 2.32 bits per heavy atom. The largest absolute Gasteiger partial charge is 0.453 e. The molecular formula is C12H5Cl2F3O2. The number of aldehydes is 1. The van der Waals surface area contributed by atoms with Crippen molar-refractivity contribution in [1.82, 2.24) is 0 Å². The summed E-state index contributed by atoms with van der Waals surface area (Å²) in [7, 11) is 0. The zero-order chi connectivity index (χ0) is 14.2. The molecule has 0 atom stereocenters. The number of hydrogen-bond acceptors (Lipinski definition) is 2. The Labute approximate surface area is 115 Å². The highest BCUT2D eigenvalue weighted by molar-refractivity contribution is 6.43. The average molecular weight is 309 g/mol. The summed E-state index contributed by atoms with van der Waals surface area (Å²) < 4.78 is 43.7. The lowest BCUT2D eigenvalue weighted by molar-refractivity contribution is -0.137. The van der Waals surface area contributed by atoms with Crippen LogP contribution in [0.2, 0.25) is 10.0 Å². The van der Waals surface area contributed by atoms with Gasteiger partial charge < -0.3 is 4.42 Å². The first-order chi connectivity index (χ1) is 8.84. The SMILES string of the molecule is O=Cc1ccc(-c2c(C(F)(F)F)ccc(Cl)c2Cl)o1. The Morgan fingerprint density at radius 1 is 1.11 bits per heavy atom. The number of furan rings is 1. The highest BCUT2D eigenvalue weighted by Crippen LogP contribution is 2.43. The molecule has 2 rings (SSSR count). The van der Waals surface area contributed by atoms with E-state index in [4.69, 9.17) is 27.6 Å². The van der Waals surface area contributed by atoms with E-state index in [-0.39, 0.29) is 27.1 Å². The number of carbonyl (C=O) groups excluding carboxylic acids is 1. The van der Waals surface area contributed by atoms with E-state index >= 15 is 0 Å². The maximum absolute atomic E-state index is 12.9. The second-order valence-electron chi connectivity index (χ2n) is 3.60. The molecule has 2 nitrogen and oxygen atoms in total. The fourth-order valence-corrected chi connectivity index (χ4v) is 1.99. The molecule has 0 aliphatic heterocycles. The summed E-state index contributed by atoms with van der Waals surface area (Å²) in [6.45, 7) is 0. The van der Waals surface area contributed by atoms with Crippen LogP contribution < -0.4 is 0 Å². The normalized spacial score (nSPS) is 11.6. The number of alkyl halides is 3. The van der Waals surface area contributed by atoms with Gasteiger partial charge in [-0.05, 0) is 24.3 Å². The van der Waals surface area contributed by atoms with Crippen LogP contribution in [0.3, 0.4) is 0 Å². The van der Waals surface area contributed by atoms with E-state index in [2.05, 4.69) is 0 Å². The van der Waals surface area contributed by atoms with Gasteiger partial charge in [0.05, 0.1) is 15.6 Å². The molecule has 0 bridgehead atoms. The molecule has 0 radical (unpaired) electrons. The maximum Gasteiger partial charge on any atom is 0.417 e. The van der Waals surface area contributed by atoms with Gasteiger partial charge in [0.2, 0.25) is 0 Å². The van der Waals surface area contributed by atoms with Crippen molar-refractivity contribution < 1.29 is 22.4 Å². The van der Waals surface area contributed by atoms with Crippen molar-refractivity contribution in [3.05, 3.63) is 45.6 Å². The highest BCUT2D eigenvalue weighted by Gasteiger charge is 2.36. The van der Waals surface area contributed by atoms with Crippen LogP contribution in [0, 0.1) is 0 Å². The summed E-state index contributed by atoms with van der Waals surface area (Å²) in [6.07, 6.45) is -4.23. The molecule has 0 saturated heterocycles. The number of hydrogen-bond donors (Lipinski definition) is 0. The topological polar surface area (TPSA) is 30.2 Å². The Balaban J connectivity index is 2.72. The van der Waals surface area contributed by atoms with Crippen molar-refractivity contribution in [2.24, 2.45) is 0 Å². The van der Waals surface area contributed by atoms with Crippen molar-refractivity contribution >= 4 is 29.5 Å². The Bertz CT molecular complexity index is 632. The van der Waals surface area contributed by atoms with Gasteiger partial charge >= 0.3 is 6.18 Å². The summed E-state index contributed by atoms with van der Waals surface area (Å²) in [5, 5.41) is -0.308. The van der Waals surface area contributed by atoms with Crippen LogP contribution in [0.1, 0.15) is 16.1 Å². The molecular weight excluding hydrogens is 304 g/mol. The first kappa shape index (κ1) is 14.0. The molecule has 1 aromatic heterocycles. The minimum atomic E-state index is -4.61. The smallest absolute Gasteiger partial charge is 0.417 e. The third-order valence-electron chi connectivity index (χ3n) is 2.39. The van der Waals surface area contributed by atoms with E-state index in [0.717, 1.165) is 12.1 Å². The fourth-order valence-electron chi connectivity index (χ4n) is 1.58. The number of carbonyl (C=O) groups is 1. The second-order valence-corrected chi connectivity index (χ2v) is 4.39. The molecule has 0 amide bonds. The van der Waals surface area contributed by atoms with Crippen LogP contribution in [0.5, 0.6) is 0 Å². The van der Waals surface area contributed by atoms with E-state index in [1.54, 1.807) is 0 Å². The van der Waals surface area contributed by atoms with Crippen LogP contribution in [0.15, 0.2) is 28.7 Å². The Kier molecular flexibility index (Phi) is 3.60. The Morgan fingerprint density at radius 2 is 1.79 bits per heavy atom. The van der Waals surface area contributed by atoms with Crippen molar-refractivity contribution in [3.8, 4) is 11.3 Å². The van der Waals surface area contributed by atoms with Crippen LogP contribution in [0.25, 0.3) is 11.3 Å². The van der Waals surface area contributed by atoms with E-state index in [1.807, 2.05) is 0 Å². The van der Waals surface area contributed by atoms with Crippen molar-refractivity contribution in [2.75, 3.05) is 0 Å². The highest BCUT2D eigenvalue weighted by atomic mass is 35.5. The zero-order valence-electron chi connectivity index (χ0n) is 9.09. The monoisotopic (exact) mass is 308 g/mol. The lowest BCUT2D eigenvalue weighted by Crippen LogP contribution is -2.07. The molecule has 0 spiro atoms. The first-order valence-electron chi connectivity index (χ1n) is 4.95. The summed E-state index contributed by atoms with van der Waals surface area (Å²) in [5.41, 5.74) is -1.36. The Hall–Kier alpha value is -1.46. The van der Waals surface area contributed by atoms with Crippen LogP contribution >= 0.6 is 23.2 Å². The first-order valence-corrected chi connectivity index (χ1v) is 5.70. The average Bonchev–Trinajstić information content (AvgIpc) is 2.79. The van der Waals surface area contributed by atoms with Gasteiger partial charge in [-0.25, -0.2) is 0 Å². The third-order valence-corrected chi connectivity index (χ3v) is 3.19. The van der Waals surface area contributed by atoms with Crippen LogP contribution in [0.4, 0.5) is 13.2 Å². The van der Waals surface area contributed by atoms with Gasteiger partial charge in [0.25, 0.3) is 0 Å². The molecule has 100 valence electrons. The molecule has 0 fully saturated rings. The second kappa shape index (κ2) is 4.90. The standard InChI is InChI=1S/C12H5Cl2F3O2/c13-8-3-2-7(12(15,16)17)10(11(8)14)9-4-1-6(5-18)19-9/h1-5H. The molecule has 0 saturated carbocycles. The zero-order valence-corrected chi connectivity index (χ0v) is 10.6. The van der Waals surface area contributed by atoms with E-state index in [9.17, 15) is 18.0 Å². The fraction of sp³-hybridized carbons (Fsp3) is 0.0833. The lowest BCUT2D eigenvalue weighted by atomic mass is 10.0. The van der Waals surface area contributed by atoms with Crippen molar-refractivity contribution in [2.45, 2.75) is 6.18 Å². The number of benzene rings is 1. The molecule has 1 aromatic carbocycles. The molecule has 0 N–H and O–H groups in total. The van der Waals surface area contributed by atoms with Crippen LogP contribution in [-0.4, -0.2) is 6.29 Å². The summed E-state index contributed by atoms with van der Waals surface area (Å²) >= 11 is 11.5. The maximum atomic E-state index is 12.9. The third kappa shape index (κ3) is 2.62. The van der Waals surface area contributed by atoms with Crippen LogP contribution in [-0.2, 0) is 6.18 Å². The van der Waals surface area contributed by atoms with Gasteiger partial charge in [-0.2, -0.15) is 13.2 Å². The summed E-state index contributed by atoms with van der Waals surface area (Å²) in [4.78, 5) is 10.5. The lowest BCUT2D eigenvalue weighted by Gasteiger charge is -2.13. The van der Waals surface area contributed by atoms with E-state index in [0.29, 0.717) is 6.29 Å². The van der Waals surface area contributed by atoms with Gasteiger partial charge in [-0.15, -0.1) is 0 Å². The minimum Gasteiger partial charge on any atom is -0.453 e. The van der Waals surface area contributed by atoms with E-state index in [1.165, 1.54) is 12.1 Å². The molecule has 0 aliphatic carbocycles. The predicted octanol–water partition coefficient (Wildman–Crippen LogP) is 5.08. The van der Waals surface area contributed by atoms with Gasteiger partial charge in [0.15, 0.2) is 12.0 Å². The molecule has 19 heavy (non-hydrogen) atoms.